The van der Waals surface area contributed by atoms with E-state index < -0.39 is 0 Å². The number of carbonyl (C=O) groups is 1. The van der Waals surface area contributed by atoms with Crippen LogP contribution < -0.4 is 5.32 Å². The van der Waals surface area contributed by atoms with Crippen molar-refractivity contribution in [3.8, 4) is 10.6 Å². The zero-order valence-corrected chi connectivity index (χ0v) is 14.6. The number of amides is 1. The zero-order chi connectivity index (χ0) is 16.5. The molecule has 1 amide bonds. The number of aromatic nitrogens is 4. The first-order valence-electron chi connectivity index (χ1n) is 7.55. The van der Waals surface area contributed by atoms with E-state index in [0.29, 0.717) is 10.8 Å². The van der Waals surface area contributed by atoms with Crippen molar-refractivity contribution < 1.29 is 9.53 Å². The normalized spacial score (nSPS) is 17.3. The molecule has 1 aliphatic rings. The number of hydrogen-bond acceptors (Lipinski definition) is 7. The molecule has 1 atom stereocenters. The molecule has 3 aromatic rings. The second-order valence-electron chi connectivity index (χ2n) is 5.42. The molecular formula is C15H15N5O2S2. The SMILES string of the molecule is Cn1nc(-c2cccs2)cc1C(=O)Nc1nnc([C@H]2CCCO2)s1. The first-order valence-corrected chi connectivity index (χ1v) is 9.24. The van der Waals surface area contributed by atoms with Crippen LogP contribution >= 0.6 is 22.7 Å². The molecule has 0 spiro atoms. The highest BCUT2D eigenvalue weighted by atomic mass is 32.1. The minimum Gasteiger partial charge on any atom is -0.371 e. The van der Waals surface area contributed by atoms with Crippen LogP contribution in [0.2, 0.25) is 0 Å². The second-order valence-corrected chi connectivity index (χ2v) is 7.37. The summed E-state index contributed by atoms with van der Waals surface area (Å²) in [6, 6.07) is 5.72. The number of nitrogens with one attached hydrogen (secondary N) is 1. The summed E-state index contributed by atoms with van der Waals surface area (Å²) >= 11 is 2.95. The smallest absolute Gasteiger partial charge is 0.275 e. The van der Waals surface area contributed by atoms with Gasteiger partial charge in [-0.15, -0.1) is 21.5 Å². The van der Waals surface area contributed by atoms with Gasteiger partial charge in [0.15, 0.2) is 0 Å². The van der Waals surface area contributed by atoms with Crippen LogP contribution in [-0.4, -0.2) is 32.5 Å². The van der Waals surface area contributed by atoms with E-state index in [2.05, 4.69) is 20.6 Å². The van der Waals surface area contributed by atoms with Crippen molar-refractivity contribution in [2.24, 2.45) is 7.05 Å². The molecule has 7 nitrogen and oxygen atoms in total. The Morgan fingerprint density at radius 3 is 3.12 bits per heavy atom. The summed E-state index contributed by atoms with van der Waals surface area (Å²) in [5, 5.41) is 18.6. The fourth-order valence-corrected chi connectivity index (χ4v) is 4.08. The fraction of sp³-hybridized carbons (Fsp3) is 0.333. The van der Waals surface area contributed by atoms with E-state index in [9.17, 15) is 4.79 Å². The molecule has 0 aliphatic carbocycles. The topological polar surface area (TPSA) is 81.9 Å². The van der Waals surface area contributed by atoms with Crippen molar-refractivity contribution in [3.63, 3.8) is 0 Å². The Morgan fingerprint density at radius 1 is 1.46 bits per heavy atom. The third-order valence-corrected chi connectivity index (χ3v) is 5.58. The summed E-state index contributed by atoms with van der Waals surface area (Å²) in [7, 11) is 1.75. The highest BCUT2D eigenvalue weighted by Crippen LogP contribution is 2.32. The summed E-state index contributed by atoms with van der Waals surface area (Å²) in [6.45, 7) is 0.756. The molecule has 1 fully saturated rings. The Morgan fingerprint density at radius 2 is 2.38 bits per heavy atom. The molecule has 1 saturated heterocycles. The van der Waals surface area contributed by atoms with E-state index in [0.717, 1.165) is 35.0 Å². The number of ether oxygens (including phenoxy) is 1. The number of hydrogen-bond donors (Lipinski definition) is 1. The van der Waals surface area contributed by atoms with Crippen molar-refractivity contribution in [3.05, 3.63) is 34.3 Å². The molecule has 0 bridgehead atoms. The second kappa shape index (κ2) is 6.42. The van der Waals surface area contributed by atoms with Gasteiger partial charge in [-0.1, -0.05) is 17.4 Å². The van der Waals surface area contributed by atoms with Crippen molar-refractivity contribution in [2.75, 3.05) is 11.9 Å². The lowest BCUT2D eigenvalue weighted by molar-refractivity contribution is 0.101. The molecule has 124 valence electrons. The van der Waals surface area contributed by atoms with Crippen LogP contribution in [0.15, 0.2) is 23.6 Å². The molecule has 9 heteroatoms. The zero-order valence-electron chi connectivity index (χ0n) is 12.9. The van der Waals surface area contributed by atoms with Crippen LogP contribution in [0.3, 0.4) is 0 Å². The Kier molecular flexibility index (Phi) is 4.13. The summed E-state index contributed by atoms with van der Waals surface area (Å²) in [5.74, 6) is -0.247. The van der Waals surface area contributed by atoms with E-state index in [1.54, 1.807) is 29.1 Å². The number of aryl methyl sites for hydroxylation is 1. The van der Waals surface area contributed by atoms with Crippen LogP contribution in [0.4, 0.5) is 5.13 Å². The molecule has 0 saturated carbocycles. The lowest BCUT2D eigenvalue weighted by Gasteiger charge is -2.02. The molecule has 0 aromatic carbocycles. The molecule has 4 heterocycles. The van der Waals surface area contributed by atoms with Gasteiger partial charge in [0, 0.05) is 13.7 Å². The van der Waals surface area contributed by atoms with Crippen molar-refractivity contribution in [1.82, 2.24) is 20.0 Å². The standard InChI is InChI=1S/C15H15N5O2S2/c1-20-10(8-9(19-20)12-5-3-7-23-12)13(21)16-15-18-17-14(24-15)11-4-2-6-22-11/h3,5,7-8,11H,2,4,6H2,1H3,(H,16,18,21)/t11-/m1/s1. The van der Waals surface area contributed by atoms with Crippen molar-refractivity contribution >= 4 is 33.7 Å². The third-order valence-electron chi connectivity index (χ3n) is 3.75. The monoisotopic (exact) mass is 361 g/mol. The highest BCUT2D eigenvalue weighted by Gasteiger charge is 2.23. The number of nitrogens with zero attached hydrogens (tertiary/aromatic N) is 4. The highest BCUT2D eigenvalue weighted by molar-refractivity contribution is 7.15. The van der Waals surface area contributed by atoms with E-state index >= 15 is 0 Å². The average molecular weight is 361 g/mol. The fourth-order valence-electron chi connectivity index (χ4n) is 2.57. The predicted molar refractivity (Wildman–Crippen MR) is 92.3 cm³/mol. The minimum atomic E-state index is -0.247. The Balaban J connectivity index is 1.50. The molecule has 3 aromatic heterocycles. The van der Waals surface area contributed by atoms with Crippen molar-refractivity contribution in [2.45, 2.75) is 18.9 Å². The Bertz CT molecular complexity index is 849. The first-order chi connectivity index (χ1) is 11.7. The molecular weight excluding hydrogens is 346 g/mol. The summed E-state index contributed by atoms with van der Waals surface area (Å²) < 4.78 is 7.16. The molecule has 1 N–H and O–H groups in total. The van der Waals surface area contributed by atoms with Gasteiger partial charge in [0.05, 0.1) is 4.88 Å². The lowest BCUT2D eigenvalue weighted by Crippen LogP contribution is -2.15. The van der Waals surface area contributed by atoms with Gasteiger partial charge in [-0.25, -0.2) is 0 Å². The van der Waals surface area contributed by atoms with Crippen LogP contribution in [0.1, 0.15) is 34.4 Å². The minimum absolute atomic E-state index is 0.00952. The maximum atomic E-state index is 12.5. The number of rotatable bonds is 4. The molecule has 4 rings (SSSR count). The summed E-state index contributed by atoms with van der Waals surface area (Å²) in [5.41, 5.74) is 1.27. The van der Waals surface area contributed by atoms with E-state index in [1.165, 1.54) is 11.3 Å². The third kappa shape index (κ3) is 2.97. The maximum Gasteiger partial charge on any atom is 0.275 e. The van der Waals surface area contributed by atoms with E-state index in [4.69, 9.17) is 4.74 Å². The van der Waals surface area contributed by atoms with Gasteiger partial charge in [-0.05, 0) is 30.4 Å². The quantitative estimate of drug-likeness (QED) is 0.772. The van der Waals surface area contributed by atoms with Crippen LogP contribution in [0.5, 0.6) is 0 Å². The lowest BCUT2D eigenvalue weighted by atomic mass is 10.2. The molecule has 24 heavy (non-hydrogen) atoms. The number of carbonyl (C=O) groups excluding carboxylic acids is 1. The molecule has 0 unspecified atom stereocenters. The predicted octanol–water partition coefficient (Wildman–Crippen LogP) is 3.10. The first kappa shape index (κ1) is 15.4. The van der Waals surface area contributed by atoms with Crippen molar-refractivity contribution in [1.29, 1.82) is 0 Å². The molecule has 0 radical (unpaired) electrons. The van der Waals surface area contributed by atoms with Gasteiger partial charge in [-0.2, -0.15) is 5.10 Å². The Hall–Kier alpha value is -2.10. The molecule has 1 aliphatic heterocycles. The van der Waals surface area contributed by atoms with Gasteiger partial charge >= 0.3 is 0 Å². The maximum absolute atomic E-state index is 12.5. The van der Waals surface area contributed by atoms with Gasteiger partial charge in [-0.3, -0.25) is 14.8 Å². The van der Waals surface area contributed by atoms with Crippen LogP contribution in [0.25, 0.3) is 10.6 Å². The summed E-state index contributed by atoms with van der Waals surface area (Å²) in [6.07, 6.45) is 2.00. The van der Waals surface area contributed by atoms with Gasteiger partial charge < -0.3 is 4.74 Å². The number of anilines is 1. The van der Waals surface area contributed by atoms with Crippen LogP contribution in [-0.2, 0) is 11.8 Å². The van der Waals surface area contributed by atoms with E-state index in [1.807, 2.05) is 17.5 Å². The number of thiophene rings is 1. The van der Waals surface area contributed by atoms with Gasteiger partial charge in [0.2, 0.25) is 5.13 Å². The van der Waals surface area contributed by atoms with Gasteiger partial charge in [0.1, 0.15) is 22.5 Å². The van der Waals surface area contributed by atoms with Gasteiger partial charge in [0.25, 0.3) is 5.91 Å². The van der Waals surface area contributed by atoms with E-state index in [-0.39, 0.29) is 12.0 Å². The average Bonchev–Trinajstić information content (AvgIpc) is 3.34. The summed E-state index contributed by atoms with van der Waals surface area (Å²) in [4.78, 5) is 13.5. The Labute approximate surface area is 146 Å². The largest absolute Gasteiger partial charge is 0.371 e. The van der Waals surface area contributed by atoms with Crippen LogP contribution in [0, 0.1) is 0 Å².